The molecule has 84 valence electrons. The van der Waals surface area contributed by atoms with Gasteiger partial charge in [0.15, 0.2) is 0 Å². The molecular weight excluding hydrogens is 198 g/mol. The van der Waals surface area contributed by atoms with Crippen LogP contribution < -0.4 is 5.32 Å². The molecule has 6 heteroatoms. The van der Waals surface area contributed by atoms with Gasteiger partial charge in [0, 0.05) is 19.8 Å². The fraction of sp³-hybridized carbons (Fsp3) is 0.556. The molecule has 0 radical (unpaired) electrons. The number of amides is 1. The van der Waals surface area contributed by atoms with Crippen LogP contribution in [0.1, 0.15) is 17.4 Å². The lowest BCUT2D eigenvalue weighted by molar-refractivity contribution is 0.00312. The summed E-state index contributed by atoms with van der Waals surface area (Å²) in [6, 6.07) is 1.57. The Labute approximate surface area is 87.5 Å². The molecule has 0 aromatic carbocycles. The third kappa shape index (κ3) is 3.03. The number of aromatic nitrogens is 2. The molecule has 0 saturated heterocycles. The van der Waals surface area contributed by atoms with Gasteiger partial charge in [-0.05, 0) is 13.0 Å². The average Bonchev–Trinajstić information content (AvgIpc) is 2.61. The molecule has 1 amide bonds. The maximum atomic E-state index is 11.5. The number of hydrogen-bond acceptors (Lipinski definition) is 4. The Hall–Kier alpha value is -1.40. The summed E-state index contributed by atoms with van der Waals surface area (Å²) in [6.45, 7) is 1.03. The van der Waals surface area contributed by atoms with Crippen LogP contribution in [0.3, 0.4) is 0 Å². The molecule has 1 aromatic rings. The molecular formula is C9H15N3O3. The second-order valence-corrected chi connectivity index (χ2v) is 3.68. The van der Waals surface area contributed by atoms with Gasteiger partial charge in [-0.2, -0.15) is 5.10 Å². The van der Waals surface area contributed by atoms with Gasteiger partial charge in [-0.1, -0.05) is 0 Å². The predicted octanol–water partition coefficient (Wildman–Crippen LogP) is -1.11. The van der Waals surface area contributed by atoms with Crippen molar-refractivity contribution in [1.29, 1.82) is 0 Å². The van der Waals surface area contributed by atoms with Crippen molar-refractivity contribution in [3.8, 4) is 0 Å². The molecule has 0 fully saturated rings. The van der Waals surface area contributed by atoms with Crippen molar-refractivity contribution in [3.05, 3.63) is 18.0 Å². The van der Waals surface area contributed by atoms with Crippen LogP contribution in [-0.2, 0) is 7.05 Å². The fourth-order valence-electron chi connectivity index (χ4n) is 1.01. The van der Waals surface area contributed by atoms with Crippen LogP contribution in [0, 0.1) is 0 Å². The van der Waals surface area contributed by atoms with Gasteiger partial charge in [-0.3, -0.25) is 9.48 Å². The maximum absolute atomic E-state index is 11.5. The van der Waals surface area contributed by atoms with Crippen molar-refractivity contribution < 1.29 is 15.0 Å². The third-order valence-corrected chi connectivity index (χ3v) is 2.02. The van der Waals surface area contributed by atoms with Crippen molar-refractivity contribution in [2.45, 2.75) is 12.5 Å². The molecule has 1 heterocycles. The van der Waals surface area contributed by atoms with Crippen molar-refractivity contribution in [1.82, 2.24) is 15.1 Å². The quantitative estimate of drug-likeness (QED) is 0.592. The maximum Gasteiger partial charge on any atom is 0.269 e. The number of nitrogens with one attached hydrogen (secondary N) is 1. The number of hydrogen-bond donors (Lipinski definition) is 3. The minimum absolute atomic E-state index is 0.00644. The van der Waals surface area contributed by atoms with E-state index in [-0.39, 0.29) is 12.5 Å². The van der Waals surface area contributed by atoms with Gasteiger partial charge >= 0.3 is 0 Å². The van der Waals surface area contributed by atoms with Crippen molar-refractivity contribution >= 4 is 5.91 Å². The Bertz CT molecular complexity index is 346. The lowest BCUT2D eigenvalue weighted by Gasteiger charge is -2.20. The van der Waals surface area contributed by atoms with E-state index < -0.39 is 12.2 Å². The highest BCUT2D eigenvalue weighted by molar-refractivity contribution is 5.92. The summed E-state index contributed by atoms with van der Waals surface area (Å²) in [5.74, 6) is -0.330. The molecule has 0 bridgehead atoms. The number of aryl methyl sites for hydroxylation is 1. The standard InChI is InChI=1S/C9H15N3O3/c1-9(15,6-13)5-10-8(14)7-3-4-11-12(7)2/h3-4,13,15H,5-6H2,1-2H3,(H,10,14). The normalized spacial score (nSPS) is 14.7. The van der Waals surface area contributed by atoms with Crippen LogP contribution in [0.15, 0.2) is 12.3 Å². The summed E-state index contributed by atoms with van der Waals surface area (Å²) in [4.78, 5) is 11.5. The molecule has 0 aliphatic carbocycles. The summed E-state index contributed by atoms with van der Waals surface area (Å²) >= 11 is 0. The zero-order valence-electron chi connectivity index (χ0n) is 8.77. The summed E-state index contributed by atoms with van der Waals surface area (Å²) in [5, 5.41) is 24.6. The van der Waals surface area contributed by atoms with Gasteiger partial charge in [-0.25, -0.2) is 0 Å². The van der Waals surface area contributed by atoms with Crippen molar-refractivity contribution in [2.75, 3.05) is 13.2 Å². The topological polar surface area (TPSA) is 87.4 Å². The smallest absolute Gasteiger partial charge is 0.269 e. The highest BCUT2D eigenvalue weighted by Crippen LogP contribution is 2.01. The number of nitrogens with zero attached hydrogens (tertiary/aromatic N) is 2. The monoisotopic (exact) mass is 213 g/mol. The second-order valence-electron chi connectivity index (χ2n) is 3.68. The molecule has 6 nitrogen and oxygen atoms in total. The van der Waals surface area contributed by atoms with E-state index >= 15 is 0 Å². The van der Waals surface area contributed by atoms with E-state index in [4.69, 9.17) is 5.11 Å². The summed E-state index contributed by atoms with van der Waals surface area (Å²) < 4.78 is 1.43. The Morgan fingerprint density at radius 2 is 2.40 bits per heavy atom. The molecule has 15 heavy (non-hydrogen) atoms. The predicted molar refractivity (Wildman–Crippen MR) is 53.3 cm³/mol. The third-order valence-electron chi connectivity index (χ3n) is 2.02. The molecule has 0 aliphatic heterocycles. The van der Waals surface area contributed by atoms with Gasteiger partial charge in [0.2, 0.25) is 0 Å². The Kier molecular flexibility index (Phi) is 3.43. The summed E-state index contributed by atoms with van der Waals surface area (Å²) in [6.07, 6.45) is 1.51. The van der Waals surface area contributed by atoms with Gasteiger partial charge in [0.25, 0.3) is 5.91 Å². The van der Waals surface area contributed by atoms with E-state index in [1.54, 1.807) is 13.1 Å². The molecule has 1 rings (SSSR count). The molecule has 1 atom stereocenters. The molecule has 0 saturated carbocycles. The molecule has 0 aliphatic rings. The minimum atomic E-state index is -1.30. The van der Waals surface area contributed by atoms with Crippen LogP contribution in [0.5, 0.6) is 0 Å². The first-order valence-corrected chi connectivity index (χ1v) is 4.56. The van der Waals surface area contributed by atoms with E-state index in [1.165, 1.54) is 17.8 Å². The lowest BCUT2D eigenvalue weighted by Crippen LogP contribution is -2.43. The SMILES string of the molecule is Cn1nccc1C(=O)NCC(C)(O)CO. The highest BCUT2D eigenvalue weighted by Gasteiger charge is 2.20. The molecule has 1 unspecified atom stereocenters. The van der Waals surface area contributed by atoms with Gasteiger partial charge in [0.05, 0.1) is 6.61 Å². The number of aliphatic hydroxyl groups excluding tert-OH is 1. The number of carbonyl (C=O) groups is 1. The van der Waals surface area contributed by atoms with Crippen molar-refractivity contribution in [2.24, 2.45) is 7.05 Å². The van der Waals surface area contributed by atoms with E-state index in [1.807, 2.05) is 0 Å². The molecule has 0 spiro atoms. The average molecular weight is 213 g/mol. The number of aliphatic hydroxyl groups is 2. The van der Waals surface area contributed by atoms with Crippen molar-refractivity contribution in [3.63, 3.8) is 0 Å². The molecule has 3 N–H and O–H groups in total. The van der Waals surface area contributed by atoms with Crippen LogP contribution in [0.4, 0.5) is 0 Å². The molecule has 1 aromatic heterocycles. The lowest BCUT2D eigenvalue weighted by atomic mass is 10.1. The Morgan fingerprint density at radius 3 is 2.87 bits per heavy atom. The highest BCUT2D eigenvalue weighted by atomic mass is 16.3. The van der Waals surface area contributed by atoms with E-state index in [9.17, 15) is 9.90 Å². The van der Waals surface area contributed by atoms with Crippen LogP contribution in [0.25, 0.3) is 0 Å². The number of carbonyl (C=O) groups excluding carboxylic acids is 1. The summed E-state index contributed by atoms with van der Waals surface area (Å²) in [5.41, 5.74) is -0.891. The largest absolute Gasteiger partial charge is 0.393 e. The van der Waals surface area contributed by atoms with Crippen LogP contribution in [0.2, 0.25) is 0 Å². The van der Waals surface area contributed by atoms with Gasteiger partial charge in [-0.15, -0.1) is 0 Å². The van der Waals surface area contributed by atoms with Crippen LogP contribution in [-0.4, -0.2) is 44.7 Å². The zero-order valence-corrected chi connectivity index (χ0v) is 8.77. The Morgan fingerprint density at radius 1 is 1.73 bits per heavy atom. The van der Waals surface area contributed by atoms with Crippen LogP contribution >= 0.6 is 0 Å². The van der Waals surface area contributed by atoms with Gasteiger partial charge < -0.3 is 15.5 Å². The van der Waals surface area contributed by atoms with Gasteiger partial charge in [0.1, 0.15) is 11.3 Å². The summed E-state index contributed by atoms with van der Waals surface area (Å²) in [7, 11) is 1.65. The first-order valence-electron chi connectivity index (χ1n) is 4.56. The van der Waals surface area contributed by atoms with E-state index in [2.05, 4.69) is 10.4 Å². The second kappa shape index (κ2) is 4.41. The van der Waals surface area contributed by atoms with E-state index in [0.717, 1.165) is 0 Å². The first kappa shape index (κ1) is 11.7. The fourth-order valence-corrected chi connectivity index (χ4v) is 1.01. The first-order chi connectivity index (χ1) is 6.96. The van der Waals surface area contributed by atoms with E-state index in [0.29, 0.717) is 5.69 Å². The minimum Gasteiger partial charge on any atom is -0.393 e. The number of rotatable bonds is 4. The zero-order chi connectivity index (χ0) is 11.5. The Balaban J connectivity index is 2.55.